The maximum Gasteiger partial charge on any atom is 0.251 e. The number of nitrogens with two attached hydrogens (primary N) is 1. The molecule has 6 nitrogen and oxygen atoms in total. The van der Waals surface area contributed by atoms with Crippen molar-refractivity contribution in [2.75, 3.05) is 0 Å². The number of carbonyl (C=O) groups excluding carboxylic acids is 1. The zero-order valence-electron chi connectivity index (χ0n) is 18.6. The lowest BCUT2D eigenvalue weighted by Crippen LogP contribution is -2.47. The number of pyridine rings is 1. The summed E-state index contributed by atoms with van der Waals surface area (Å²) >= 11 is 0. The van der Waals surface area contributed by atoms with E-state index in [-0.39, 0.29) is 5.56 Å². The maximum absolute atomic E-state index is 14.2. The molecule has 33 heavy (non-hydrogen) atoms. The van der Waals surface area contributed by atoms with E-state index in [0.717, 1.165) is 29.8 Å². The fourth-order valence-corrected chi connectivity index (χ4v) is 5.90. The van der Waals surface area contributed by atoms with Gasteiger partial charge in [-0.2, -0.15) is 5.10 Å². The monoisotopic (exact) mass is 446 g/mol. The average molecular weight is 447 g/mol. The number of halogens is 1. The van der Waals surface area contributed by atoms with E-state index in [4.69, 9.17) is 5.73 Å². The summed E-state index contributed by atoms with van der Waals surface area (Å²) in [7, 11) is 0. The second-order valence-electron chi connectivity index (χ2n) is 9.13. The van der Waals surface area contributed by atoms with E-state index in [9.17, 15) is 14.3 Å². The molecular formula is C26H27FN4O2. The van der Waals surface area contributed by atoms with Crippen LogP contribution in [0.1, 0.15) is 59.8 Å². The summed E-state index contributed by atoms with van der Waals surface area (Å²) < 4.78 is 16.1. The first-order chi connectivity index (χ1) is 15.9. The number of nitrogens with zero attached hydrogens (tertiary/aromatic N) is 3. The highest BCUT2D eigenvalue weighted by Gasteiger charge is 2.56. The molecule has 2 aromatic heterocycles. The molecule has 3 N–H and O–H groups in total. The molecule has 0 spiro atoms. The van der Waals surface area contributed by atoms with Crippen LogP contribution < -0.4 is 5.73 Å². The summed E-state index contributed by atoms with van der Waals surface area (Å²) in [5.41, 5.74) is 8.76. The summed E-state index contributed by atoms with van der Waals surface area (Å²) in [6.45, 7) is 2.11. The summed E-state index contributed by atoms with van der Waals surface area (Å²) in [4.78, 5) is 16.0. The average Bonchev–Trinajstić information content (AvgIpc) is 3.35. The fraction of sp³-hybridized carbons (Fsp3) is 0.346. The minimum absolute atomic E-state index is 0.0795. The SMILES string of the molecule is CC[C@]12Cc3cnn(-c4cccnc4)c3C=C1CC[C@@]2(O)CCc1cccc(F)c1C(N)=O. The predicted molar refractivity (Wildman–Crippen MR) is 123 cm³/mol. The molecule has 2 heterocycles. The van der Waals surface area contributed by atoms with Gasteiger partial charge in [-0.25, -0.2) is 9.07 Å². The lowest BCUT2D eigenvalue weighted by atomic mass is 9.63. The first-order valence-corrected chi connectivity index (χ1v) is 11.4. The smallest absolute Gasteiger partial charge is 0.251 e. The number of fused-ring (bicyclic) bond motifs is 2. The Morgan fingerprint density at radius 2 is 2.12 bits per heavy atom. The second-order valence-corrected chi connectivity index (χ2v) is 9.13. The van der Waals surface area contributed by atoms with Crippen molar-refractivity contribution in [3.8, 4) is 5.69 Å². The second kappa shape index (κ2) is 7.92. The number of hydrogen-bond donors (Lipinski definition) is 2. The molecule has 0 radical (unpaired) electrons. The molecule has 170 valence electrons. The van der Waals surface area contributed by atoms with Gasteiger partial charge in [-0.15, -0.1) is 0 Å². The van der Waals surface area contributed by atoms with E-state index in [1.54, 1.807) is 24.5 Å². The lowest BCUT2D eigenvalue weighted by Gasteiger charge is -2.45. The molecule has 2 aliphatic carbocycles. The van der Waals surface area contributed by atoms with E-state index >= 15 is 0 Å². The zero-order chi connectivity index (χ0) is 23.2. The van der Waals surface area contributed by atoms with Gasteiger partial charge >= 0.3 is 0 Å². The molecular weight excluding hydrogens is 419 g/mol. The topological polar surface area (TPSA) is 94.0 Å². The molecule has 1 saturated carbocycles. The van der Waals surface area contributed by atoms with E-state index in [2.05, 4.69) is 23.1 Å². The highest BCUT2D eigenvalue weighted by molar-refractivity contribution is 5.94. The molecule has 0 saturated heterocycles. The summed E-state index contributed by atoms with van der Waals surface area (Å²) in [5.74, 6) is -1.40. The molecule has 2 aliphatic rings. The third-order valence-corrected chi connectivity index (χ3v) is 7.65. The maximum atomic E-state index is 14.2. The van der Waals surface area contributed by atoms with E-state index in [1.165, 1.54) is 11.6 Å². The first-order valence-electron chi connectivity index (χ1n) is 11.4. The van der Waals surface area contributed by atoms with Gasteiger partial charge in [0, 0.05) is 11.6 Å². The molecule has 1 aromatic carbocycles. The van der Waals surface area contributed by atoms with Crippen LogP contribution in [0.3, 0.4) is 0 Å². The van der Waals surface area contributed by atoms with Gasteiger partial charge in [0.2, 0.25) is 0 Å². The van der Waals surface area contributed by atoms with Crippen molar-refractivity contribution in [2.24, 2.45) is 11.1 Å². The Hall–Kier alpha value is -3.32. The Morgan fingerprint density at radius 1 is 1.27 bits per heavy atom. The quantitative estimate of drug-likeness (QED) is 0.598. The van der Waals surface area contributed by atoms with Gasteiger partial charge in [0.15, 0.2) is 0 Å². The van der Waals surface area contributed by atoms with Gasteiger partial charge < -0.3 is 10.8 Å². The molecule has 1 amide bonds. The Kier molecular flexibility index (Phi) is 5.16. The number of benzene rings is 1. The summed E-state index contributed by atoms with van der Waals surface area (Å²) in [5, 5.41) is 16.6. The number of aryl methyl sites for hydroxylation is 1. The standard InChI is InChI=1S/C26H27FN4O2/c1-2-25-14-18-15-30-31(20-6-4-12-29-16-20)22(18)13-19(25)9-11-26(25,33)10-8-17-5-3-7-21(27)23(17)24(28)32/h3-7,12-13,15-16,33H,2,8-11,14H2,1H3,(H2,28,32)/t25-,26-/m0/s1. The van der Waals surface area contributed by atoms with Crippen LogP contribution in [0.2, 0.25) is 0 Å². The Balaban J connectivity index is 1.48. The summed E-state index contributed by atoms with van der Waals surface area (Å²) in [6.07, 6.45) is 11.3. The van der Waals surface area contributed by atoms with Crippen LogP contribution in [0.5, 0.6) is 0 Å². The molecule has 2 atom stereocenters. The van der Waals surface area contributed by atoms with Gasteiger partial charge in [-0.05, 0) is 73.9 Å². The number of primary amides is 1. The Morgan fingerprint density at radius 3 is 2.85 bits per heavy atom. The number of aliphatic hydroxyl groups is 1. The van der Waals surface area contributed by atoms with E-state index < -0.39 is 22.7 Å². The molecule has 0 aliphatic heterocycles. The van der Waals surface area contributed by atoms with E-state index in [0.29, 0.717) is 31.2 Å². The van der Waals surface area contributed by atoms with Crippen molar-refractivity contribution in [3.63, 3.8) is 0 Å². The normalized spacial score (nSPS) is 23.7. The van der Waals surface area contributed by atoms with Gasteiger partial charge in [-0.1, -0.05) is 24.6 Å². The lowest BCUT2D eigenvalue weighted by molar-refractivity contribution is -0.0569. The van der Waals surface area contributed by atoms with Crippen LogP contribution in [0.25, 0.3) is 11.8 Å². The highest BCUT2D eigenvalue weighted by Crippen LogP contribution is 2.59. The highest BCUT2D eigenvalue weighted by atomic mass is 19.1. The van der Waals surface area contributed by atoms with Crippen molar-refractivity contribution in [3.05, 3.63) is 82.7 Å². The third kappa shape index (κ3) is 3.30. The molecule has 0 unspecified atom stereocenters. The van der Waals surface area contributed by atoms with Crippen molar-refractivity contribution >= 4 is 12.0 Å². The number of carbonyl (C=O) groups is 1. The number of amides is 1. The van der Waals surface area contributed by atoms with Gasteiger partial charge in [0.25, 0.3) is 5.91 Å². The first kappa shape index (κ1) is 21.5. The van der Waals surface area contributed by atoms with Crippen LogP contribution in [0.15, 0.2) is 54.5 Å². The molecule has 3 aromatic rings. The number of aromatic nitrogens is 3. The molecule has 1 fully saturated rings. The fourth-order valence-electron chi connectivity index (χ4n) is 5.90. The van der Waals surface area contributed by atoms with Crippen molar-refractivity contribution in [2.45, 2.75) is 51.0 Å². The number of rotatable bonds is 6. The van der Waals surface area contributed by atoms with Crippen molar-refractivity contribution < 1.29 is 14.3 Å². The van der Waals surface area contributed by atoms with Crippen molar-refractivity contribution in [1.29, 1.82) is 0 Å². The van der Waals surface area contributed by atoms with Crippen LogP contribution in [0.4, 0.5) is 4.39 Å². The minimum Gasteiger partial charge on any atom is -0.389 e. The van der Waals surface area contributed by atoms with Crippen LogP contribution in [0, 0.1) is 11.2 Å². The molecule has 0 bridgehead atoms. The van der Waals surface area contributed by atoms with Crippen LogP contribution >= 0.6 is 0 Å². The van der Waals surface area contributed by atoms with Gasteiger partial charge in [0.05, 0.1) is 34.9 Å². The minimum atomic E-state index is -0.969. The molecule has 7 heteroatoms. The Bertz CT molecular complexity index is 1250. The van der Waals surface area contributed by atoms with Gasteiger partial charge in [-0.3, -0.25) is 9.78 Å². The van der Waals surface area contributed by atoms with Crippen LogP contribution in [-0.4, -0.2) is 31.4 Å². The summed E-state index contributed by atoms with van der Waals surface area (Å²) in [6, 6.07) is 8.40. The third-order valence-electron chi connectivity index (χ3n) is 7.65. The van der Waals surface area contributed by atoms with E-state index in [1.807, 2.05) is 23.0 Å². The molecule has 5 rings (SSSR count). The van der Waals surface area contributed by atoms with Gasteiger partial charge in [0.1, 0.15) is 5.82 Å². The van der Waals surface area contributed by atoms with Crippen molar-refractivity contribution in [1.82, 2.24) is 14.8 Å². The Labute approximate surface area is 192 Å². The zero-order valence-corrected chi connectivity index (χ0v) is 18.6. The van der Waals surface area contributed by atoms with Crippen LogP contribution in [-0.2, 0) is 12.8 Å². The largest absolute Gasteiger partial charge is 0.389 e. The predicted octanol–water partition coefficient (Wildman–Crippen LogP) is 4.00. The number of hydrogen-bond acceptors (Lipinski definition) is 4.